The summed E-state index contributed by atoms with van der Waals surface area (Å²) < 4.78 is 0. The van der Waals surface area contributed by atoms with E-state index in [-0.39, 0.29) is 0 Å². The number of benzene rings is 1. The van der Waals surface area contributed by atoms with Gasteiger partial charge in [0.2, 0.25) is 0 Å². The first-order chi connectivity index (χ1) is 9.52. The lowest BCUT2D eigenvalue weighted by Gasteiger charge is -2.31. The summed E-state index contributed by atoms with van der Waals surface area (Å²) in [6, 6.07) is 8.06. The molecule has 0 saturated heterocycles. The molecule has 110 valence electrons. The smallest absolute Gasteiger partial charge is 0.00683 e. The fourth-order valence-corrected chi connectivity index (χ4v) is 3.32. The van der Waals surface area contributed by atoms with Gasteiger partial charge in [-0.3, -0.25) is 0 Å². The van der Waals surface area contributed by atoms with Crippen molar-refractivity contribution in [1.29, 1.82) is 0 Å². The molecule has 0 spiro atoms. The Bertz CT molecular complexity index is 465. The average molecular weight is 271 g/mol. The summed E-state index contributed by atoms with van der Waals surface area (Å²) in [5.74, 6) is 0.725. The van der Waals surface area contributed by atoms with Crippen molar-refractivity contribution in [2.24, 2.45) is 11.3 Å². The molecule has 1 nitrogen and oxygen atoms in total. The summed E-state index contributed by atoms with van der Waals surface area (Å²) in [5, 5.41) is 3.74. The highest BCUT2D eigenvalue weighted by molar-refractivity contribution is 5.35. The highest BCUT2D eigenvalue weighted by Crippen LogP contribution is 2.31. The van der Waals surface area contributed by atoms with Crippen LogP contribution < -0.4 is 5.32 Å². The van der Waals surface area contributed by atoms with E-state index in [1.807, 2.05) is 0 Å². The van der Waals surface area contributed by atoms with Crippen molar-refractivity contribution in [2.75, 3.05) is 6.54 Å². The van der Waals surface area contributed by atoms with Gasteiger partial charge in [-0.1, -0.05) is 39.0 Å². The van der Waals surface area contributed by atoms with Crippen LogP contribution in [0.2, 0.25) is 0 Å². The molecule has 20 heavy (non-hydrogen) atoms. The van der Waals surface area contributed by atoms with Gasteiger partial charge in [0.1, 0.15) is 0 Å². The Morgan fingerprint density at radius 1 is 1.15 bits per heavy atom. The van der Waals surface area contributed by atoms with Gasteiger partial charge in [-0.05, 0) is 73.1 Å². The fraction of sp³-hybridized carbons (Fsp3) is 0.684. The number of aryl methyl sites for hydroxylation is 2. The van der Waals surface area contributed by atoms with Crippen molar-refractivity contribution in [1.82, 2.24) is 5.32 Å². The molecule has 1 atom stereocenters. The van der Waals surface area contributed by atoms with E-state index < -0.39 is 0 Å². The standard InChI is InChI=1S/C19H29N/c1-19(2,3)17(13-20-18-9-10-18)12-14-7-8-15-5-4-6-16(15)11-14/h7-8,11,17-18,20H,4-6,9-10,12-13H2,1-3H3. The van der Waals surface area contributed by atoms with Crippen molar-refractivity contribution < 1.29 is 0 Å². The maximum Gasteiger partial charge on any atom is 0.00683 e. The zero-order valence-corrected chi connectivity index (χ0v) is 13.3. The monoisotopic (exact) mass is 271 g/mol. The van der Waals surface area contributed by atoms with Gasteiger partial charge < -0.3 is 5.32 Å². The molecule has 1 saturated carbocycles. The van der Waals surface area contributed by atoms with Crippen LogP contribution in [0.1, 0.15) is 56.7 Å². The summed E-state index contributed by atoms with van der Waals surface area (Å²) in [5.41, 5.74) is 5.13. The maximum atomic E-state index is 3.74. The zero-order valence-electron chi connectivity index (χ0n) is 13.3. The van der Waals surface area contributed by atoms with Gasteiger partial charge >= 0.3 is 0 Å². The van der Waals surface area contributed by atoms with Gasteiger partial charge in [-0.15, -0.1) is 0 Å². The Balaban J connectivity index is 1.68. The molecule has 1 unspecified atom stereocenters. The van der Waals surface area contributed by atoms with E-state index in [0.29, 0.717) is 5.41 Å². The lowest BCUT2D eigenvalue weighted by atomic mass is 9.77. The zero-order chi connectivity index (χ0) is 14.2. The molecule has 1 N–H and O–H groups in total. The molecule has 0 radical (unpaired) electrons. The summed E-state index contributed by atoms with van der Waals surface area (Å²) in [4.78, 5) is 0. The first-order valence-electron chi connectivity index (χ1n) is 8.36. The Morgan fingerprint density at radius 3 is 2.60 bits per heavy atom. The number of hydrogen-bond acceptors (Lipinski definition) is 1. The summed E-state index contributed by atoms with van der Waals surface area (Å²) in [7, 11) is 0. The molecule has 1 aromatic rings. The van der Waals surface area contributed by atoms with Gasteiger partial charge in [0.25, 0.3) is 0 Å². The van der Waals surface area contributed by atoms with E-state index in [1.54, 1.807) is 16.7 Å². The molecular weight excluding hydrogens is 242 g/mol. The van der Waals surface area contributed by atoms with Gasteiger partial charge in [0.15, 0.2) is 0 Å². The number of fused-ring (bicyclic) bond motifs is 1. The number of nitrogens with one attached hydrogen (secondary N) is 1. The highest BCUT2D eigenvalue weighted by Gasteiger charge is 2.28. The minimum Gasteiger partial charge on any atom is -0.314 e. The molecule has 1 aromatic carbocycles. The molecule has 0 heterocycles. The van der Waals surface area contributed by atoms with E-state index in [9.17, 15) is 0 Å². The van der Waals surface area contributed by atoms with Crippen LogP contribution in [0.4, 0.5) is 0 Å². The quantitative estimate of drug-likeness (QED) is 0.849. The molecular formula is C19H29N. The number of hydrogen-bond donors (Lipinski definition) is 1. The molecule has 1 fully saturated rings. The van der Waals surface area contributed by atoms with Gasteiger partial charge in [-0.2, -0.15) is 0 Å². The molecule has 2 aliphatic rings. The molecule has 0 aromatic heterocycles. The van der Waals surface area contributed by atoms with Crippen molar-refractivity contribution >= 4 is 0 Å². The number of rotatable bonds is 5. The van der Waals surface area contributed by atoms with E-state index in [1.165, 1.54) is 45.1 Å². The van der Waals surface area contributed by atoms with Crippen molar-refractivity contribution in [3.05, 3.63) is 34.9 Å². The molecule has 0 amide bonds. The van der Waals surface area contributed by atoms with Crippen LogP contribution in [-0.2, 0) is 19.3 Å². The predicted molar refractivity (Wildman–Crippen MR) is 86.1 cm³/mol. The lowest BCUT2D eigenvalue weighted by Crippen LogP contribution is -2.34. The third-order valence-corrected chi connectivity index (χ3v) is 5.10. The maximum absolute atomic E-state index is 3.74. The lowest BCUT2D eigenvalue weighted by molar-refractivity contribution is 0.230. The van der Waals surface area contributed by atoms with E-state index in [0.717, 1.165) is 12.0 Å². The first-order valence-corrected chi connectivity index (χ1v) is 8.36. The Morgan fingerprint density at radius 2 is 1.90 bits per heavy atom. The second-order valence-corrected chi connectivity index (χ2v) is 7.91. The van der Waals surface area contributed by atoms with Crippen LogP contribution in [0.5, 0.6) is 0 Å². The van der Waals surface area contributed by atoms with Crippen LogP contribution in [0, 0.1) is 11.3 Å². The second kappa shape index (κ2) is 5.52. The fourth-order valence-electron chi connectivity index (χ4n) is 3.32. The Kier molecular flexibility index (Phi) is 3.90. The van der Waals surface area contributed by atoms with Crippen molar-refractivity contribution in [3.63, 3.8) is 0 Å². The molecule has 0 bridgehead atoms. The van der Waals surface area contributed by atoms with Crippen LogP contribution in [0.3, 0.4) is 0 Å². The summed E-state index contributed by atoms with van der Waals surface area (Å²) in [6.45, 7) is 8.34. The van der Waals surface area contributed by atoms with E-state index >= 15 is 0 Å². The summed E-state index contributed by atoms with van der Waals surface area (Å²) >= 11 is 0. The average Bonchev–Trinajstić information content (AvgIpc) is 3.09. The molecule has 3 rings (SSSR count). The van der Waals surface area contributed by atoms with Gasteiger partial charge in [-0.25, -0.2) is 0 Å². The second-order valence-electron chi connectivity index (χ2n) is 7.91. The SMILES string of the molecule is CC(C)(C)C(CNC1CC1)Cc1ccc2c(c1)CCC2. The van der Waals surface area contributed by atoms with Crippen LogP contribution in [0.15, 0.2) is 18.2 Å². The molecule has 2 aliphatic carbocycles. The minimum absolute atomic E-state index is 0.376. The van der Waals surface area contributed by atoms with Crippen molar-refractivity contribution in [3.8, 4) is 0 Å². The third kappa shape index (κ3) is 3.44. The summed E-state index contributed by atoms with van der Waals surface area (Å²) in [6.07, 6.45) is 7.93. The van der Waals surface area contributed by atoms with E-state index in [4.69, 9.17) is 0 Å². The third-order valence-electron chi connectivity index (χ3n) is 5.10. The Labute approximate surface area is 124 Å². The first kappa shape index (κ1) is 14.1. The van der Waals surface area contributed by atoms with Crippen molar-refractivity contribution in [2.45, 2.75) is 65.3 Å². The van der Waals surface area contributed by atoms with Crippen LogP contribution >= 0.6 is 0 Å². The minimum atomic E-state index is 0.376. The predicted octanol–water partition coefficient (Wildman–Crippen LogP) is 4.13. The van der Waals surface area contributed by atoms with E-state index in [2.05, 4.69) is 44.3 Å². The molecule has 1 heteroatoms. The topological polar surface area (TPSA) is 12.0 Å². The normalized spacial score (nSPS) is 19.9. The highest BCUT2D eigenvalue weighted by atomic mass is 14.9. The van der Waals surface area contributed by atoms with Crippen LogP contribution in [-0.4, -0.2) is 12.6 Å². The largest absolute Gasteiger partial charge is 0.314 e. The van der Waals surface area contributed by atoms with Crippen LogP contribution in [0.25, 0.3) is 0 Å². The molecule has 0 aliphatic heterocycles. The Hall–Kier alpha value is -0.820. The van der Waals surface area contributed by atoms with Gasteiger partial charge in [0, 0.05) is 6.04 Å². The van der Waals surface area contributed by atoms with Gasteiger partial charge in [0.05, 0.1) is 0 Å².